The summed E-state index contributed by atoms with van der Waals surface area (Å²) < 4.78 is 16.9. The number of furan rings is 1. The van der Waals surface area contributed by atoms with Gasteiger partial charge in [-0.3, -0.25) is 0 Å². The average molecular weight is 382 g/mol. The number of ether oxygens (including phenoxy) is 2. The Labute approximate surface area is 144 Å². The number of benzene rings is 1. The van der Waals surface area contributed by atoms with E-state index in [0.29, 0.717) is 11.7 Å². The van der Waals surface area contributed by atoms with E-state index in [2.05, 4.69) is 21.2 Å². The normalized spacial score (nSPS) is 12.6. The van der Waals surface area contributed by atoms with Crippen molar-refractivity contribution in [3.8, 4) is 5.95 Å². The third-order valence-electron chi connectivity index (χ3n) is 2.97. The zero-order valence-electron chi connectivity index (χ0n) is 13.6. The monoisotopic (exact) mass is 381 g/mol. The van der Waals surface area contributed by atoms with E-state index in [4.69, 9.17) is 13.9 Å². The number of nitrogens with one attached hydrogen (secondary N) is 1. The van der Waals surface area contributed by atoms with Crippen molar-refractivity contribution in [3.63, 3.8) is 0 Å². The molecule has 0 spiro atoms. The highest BCUT2D eigenvalue weighted by atomic mass is 79.9. The van der Waals surface area contributed by atoms with E-state index < -0.39 is 17.7 Å². The molecule has 0 saturated carbocycles. The smallest absolute Gasteiger partial charge is 0.408 e. The molecular formula is C17H20BrNO4. The van der Waals surface area contributed by atoms with Crippen LogP contribution in [0.5, 0.6) is 5.95 Å². The fraction of sp³-hybridized carbons (Fsp3) is 0.353. The van der Waals surface area contributed by atoms with Gasteiger partial charge in [0, 0.05) is 10.5 Å². The standard InChI is InChI=1S/C17H20BrNO4/c1-17(2,3)23-16(20)19-15(11-7-5-6-8-12(11)18)13-9-10-14(21-4)22-13/h5-10,15H,1-4H3,(H,19,20)/t15-/m1/s1. The summed E-state index contributed by atoms with van der Waals surface area (Å²) in [7, 11) is 1.53. The molecule has 0 aliphatic heterocycles. The topological polar surface area (TPSA) is 60.7 Å². The summed E-state index contributed by atoms with van der Waals surface area (Å²) in [5, 5.41) is 2.84. The van der Waals surface area contributed by atoms with Crippen LogP contribution in [-0.2, 0) is 4.74 Å². The van der Waals surface area contributed by atoms with Crippen molar-refractivity contribution in [3.05, 3.63) is 52.2 Å². The molecule has 0 radical (unpaired) electrons. The average Bonchev–Trinajstić information content (AvgIpc) is 2.92. The first-order valence-corrected chi connectivity index (χ1v) is 7.97. The van der Waals surface area contributed by atoms with Crippen LogP contribution in [0.2, 0.25) is 0 Å². The zero-order chi connectivity index (χ0) is 17.0. The van der Waals surface area contributed by atoms with Gasteiger partial charge in [0.2, 0.25) is 0 Å². The van der Waals surface area contributed by atoms with Gasteiger partial charge in [0.05, 0.1) is 7.11 Å². The first kappa shape index (κ1) is 17.4. The maximum absolute atomic E-state index is 12.2. The van der Waals surface area contributed by atoms with Crippen LogP contribution in [-0.4, -0.2) is 18.8 Å². The molecule has 23 heavy (non-hydrogen) atoms. The van der Waals surface area contributed by atoms with Crippen LogP contribution in [0.25, 0.3) is 0 Å². The van der Waals surface area contributed by atoms with Crippen LogP contribution in [0.15, 0.2) is 45.3 Å². The number of rotatable bonds is 4. The van der Waals surface area contributed by atoms with Crippen LogP contribution in [0, 0.1) is 0 Å². The van der Waals surface area contributed by atoms with Crippen molar-refractivity contribution >= 4 is 22.0 Å². The number of methoxy groups -OCH3 is 1. The Bertz CT molecular complexity index is 675. The molecule has 0 saturated heterocycles. The summed E-state index contributed by atoms with van der Waals surface area (Å²) in [6.45, 7) is 5.45. The van der Waals surface area contributed by atoms with Gasteiger partial charge in [-0.15, -0.1) is 0 Å². The van der Waals surface area contributed by atoms with E-state index in [1.54, 1.807) is 12.1 Å². The van der Waals surface area contributed by atoms with E-state index in [-0.39, 0.29) is 0 Å². The minimum atomic E-state index is -0.580. The third-order valence-corrected chi connectivity index (χ3v) is 3.69. The molecule has 1 heterocycles. The molecule has 6 heteroatoms. The number of hydrogen-bond acceptors (Lipinski definition) is 4. The van der Waals surface area contributed by atoms with Gasteiger partial charge in [-0.25, -0.2) is 4.79 Å². The van der Waals surface area contributed by atoms with Gasteiger partial charge in [-0.2, -0.15) is 0 Å². The van der Waals surface area contributed by atoms with Crippen LogP contribution in [0.4, 0.5) is 4.79 Å². The lowest BCUT2D eigenvalue weighted by atomic mass is 10.0. The molecule has 1 atom stereocenters. The van der Waals surface area contributed by atoms with Crippen molar-refractivity contribution in [1.82, 2.24) is 5.32 Å². The zero-order valence-corrected chi connectivity index (χ0v) is 15.1. The molecule has 2 rings (SSSR count). The quantitative estimate of drug-likeness (QED) is 0.835. The van der Waals surface area contributed by atoms with Crippen LogP contribution in [0.1, 0.15) is 38.1 Å². The largest absolute Gasteiger partial charge is 0.468 e. The minimum Gasteiger partial charge on any atom is -0.468 e. The Balaban J connectivity index is 2.32. The lowest BCUT2D eigenvalue weighted by Gasteiger charge is -2.23. The number of carbonyl (C=O) groups excluding carboxylic acids is 1. The number of alkyl carbamates (subject to hydrolysis) is 1. The highest BCUT2D eigenvalue weighted by Crippen LogP contribution is 2.31. The Morgan fingerprint density at radius 1 is 1.22 bits per heavy atom. The number of halogens is 1. The van der Waals surface area contributed by atoms with Crippen molar-refractivity contribution in [2.24, 2.45) is 0 Å². The van der Waals surface area contributed by atoms with E-state index in [1.165, 1.54) is 7.11 Å². The molecule has 0 aliphatic rings. The molecule has 1 N–H and O–H groups in total. The molecule has 0 unspecified atom stereocenters. The van der Waals surface area contributed by atoms with Crippen molar-refractivity contribution < 1.29 is 18.7 Å². The summed E-state index contributed by atoms with van der Waals surface area (Å²) in [6.07, 6.45) is -0.520. The van der Waals surface area contributed by atoms with Gasteiger partial charge >= 0.3 is 6.09 Å². The lowest BCUT2D eigenvalue weighted by Crippen LogP contribution is -2.35. The summed E-state index contributed by atoms with van der Waals surface area (Å²) >= 11 is 3.50. The summed E-state index contributed by atoms with van der Waals surface area (Å²) in [6, 6.07) is 10.6. The molecule has 0 aliphatic carbocycles. The molecule has 2 aromatic rings. The molecule has 1 aromatic carbocycles. The van der Waals surface area contributed by atoms with E-state index in [9.17, 15) is 4.79 Å². The second-order valence-electron chi connectivity index (χ2n) is 5.96. The van der Waals surface area contributed by atoms with E-state index >= 15 is 0 Å². The third kappa shape index (κ3) is 4.76. The van der Waals surface area contributed by atoms with Crippen molar-refractivity contribution in [1.29, 1.82) is 0 Å². The summed E-state index contributed by atoms with van der Waals surface area (Å²) in [5.41, 5.74) is 0.277. The number of carbonyl (C=O) groups is 1. The lowest BCUT2D eigenvalue weighted by molar-refractivity contribution is 0.0506. The summed E-state index contributed by atoms with van der Waals surface area (Å²) in [5.74, 6) is 0.933. The maximum atomic E-state index is 12.2. The maximum Gasteiger partial charge on any atom is 0.408 e. The molecule has 0 bridgehead atoms. The second kappa shape index (κ2) is 7.08. The number of amides is 1. The predicted molar refractivity (Wildman–Crippen MR) is 90.6 cm³/mol. The van der Waals surface area contributed by atoms with Gasteiger partial charge in [0.1, 0.15) is 17.4 Å². The van der Waals surface area contributed by atoms with Gasteiger partial charge < -0.3 is 19.2 Å². The summed E-state index contributed by atoms with van der Waals surface area (Å²) in [4.78, 5) is 12.2. The first-order chi connectivity index (χ1) is 10.8. The SMILES string of the molecule is COc1ccc([C@H](NC(=O)OC(C)(C)C)c2ccccc2Br)o1. The fourth-order valence-corrected chi connectivity index (χ4v) is 2.55. The highest BCUT2D eigenvalue weighted by molar-refractivity contribution is 9.10. The number of hydrogen-bond donors (Lipinski definition) is 1. The van der Waals surface area contributed by atoms with Gasteiger partial charge in [-0.1, -0.05) is 34.1 Å². The van der Waals surface area contributed by atoms with Crippen LogP contribution < -0.4 is 10.1 Å². The molecule has 0 fully saturated rings. The molecule has 1 aromatic heterocycles. The van der Waals surface area contributed by atoms with Crippen LogP contribution >= 0.6 is 15.9 Å². The first-order valence-electron chi connectivity index (χ1n) is 7.18. The van der Waals surface area contributed by atoms with Crippen molar-refractivity contribution in [2.45, 2.75) is 32.4 Å². The second-order valence-corrected chi connectivity index (χ2v) is 6.82. The highest BCUT2D eigenvalue weighted by Gasteiger charge is 2.25. The molecule has 1 amide bonds. The molecule has 124 valence electrons. The van der Waals surface area contributed by atoms with E-state index in [0.717, 1.165) is 10.0 Å². The fourth-order valence-electron chi connectivity index (χ4n) is 2.04. The predicted octanol–water partition coefficient (Wildman–Crippen LogP) is 4.66. The Hall–Kier alpha value is -1.95. The minimum absolute atomic E-state index is 0.378. The Morgan fingerprint density at radius 3 is 2.48 bits per heavy atom. The van der Waals surface area contributed by atoms with Gasteiger partial charge in [0.15, 0.2) is 0 Å². The molecular weight excluding hydrogens is 362 g/mol. The van der Waals surface area contributed by atoms with Gasteiger partial charge in [-0.05, 0) is 38.5 Å². The molecule has 5 nitrogen and oxygen atoms in total. The van der Waals surface area contributed by atoms with Gasteiger partial charge in [0.25, 0.3) is 5.95 Å². The van der Waals surface area contributed by atoms with Crippen LogP contribution in [0.3, 0.4) is 0 Å². The van der Waals surface area contributed by atoms with E-state index in [1.807, 2.05) is 45.0 Å². The van der Waals surface area contributed by atoms with Crippen molar-refractivity contribution in [2.75, 3.05) is 7.11 Å². The Kier molecular flexibility index (Phi) is 5.36. The Morgan fingerprint density at radius 2 is 1.91 bits per heavy atom.